The third-order valence-electron chi connectivity index (χ3n) is 5.50. The number of benzene rings is 3. The minimum atomic E-state index is -0.333. The molecule has 32 heavy (non-hydrogen) atoms. The fraction of sp³-hybridized carbons (Fsp3) is 0.185. The Hall–Kier alpha value is -3.86. The zero-order valence-electron chi connectivity index (χ0n) is 18.7. The molecule has 0 fully saturated rings. The van der Waals surface area contributed by atoms with Gasteiger partial charge in [0.25, 0.3) is 11.8 Å². The van der Waals surface area contributed by atoms with Crippen LogP contribution in [-0.4, -0.2) is 23.8 Å². The number of ether oxygens (including phenoxy) is 1. The topological polar surface area (TPSA) is 58.6 Å². The highest BCUT2D eigenvalue weighted by molar-refractivity contribution is 6.36. The lowest BCUT2D eigenvalue weighted by Crippen LogP contribution is -2.32. The van der Waals surface area contributed by atoms with Crippen LogP contribution in [0.1, 0.15) is 27.8 Å². The van der Waals surface area contributed by atoms with E-state index in [4.69, 9.17) is 4.74 Å². The maximum absolute atomic E-state index is 13.5. The van der Waals surface area contributed by atoms with Crippen LogP contribution in [0.2, 0.25) is 0 Å². The first-order valence-electron chi connectivity index (χ1n) is 10.5. The number of nitrogens with zero attached hydrogens (tertiary/aromatic N) is 1. The Morgan fingerprint density at radius 2 is 1.41 bits per heavy atom. The van der Waals surface area contributed by atoms with Crippen molar-refractivity contribution in [1.82, 2.24) is 4.90 Å². The highest BCUT2D eigenvalue weighted by Crippen LogP contribution is 2.32. The lowest BCUT2D eigenvalue weighted by molar-refractivity contribution is -0.137. The fourth-order valence-corrected chi connectivity index (χ4v) is 3.93. The van der Waals surface area contributed by atoms with Gasteiger partial charge in [-0.3, -0.25) is 14.5 Å². The van der Waals surface area contributed by atoms with E-state index in [0.717, 1.165) is 27.9 Å². The molecule has 0 atom stereocenters. The molecule has 5 heteroatoms. The summed E-state index contributed by atoms with van der Waals surface area (Å²) in [7, 11) is 1.59. The van der Waals surface area contributed by atoms with Gasteiger partial charge >= 0.3 is 0 Å². The van der Waals surface area contributed by atoms with Crippen LogP contribution >= 0.6 is 0 Å². The maximum Gasteiger partial charge on any atom is 0.278 e. The Bertz CT molecular complexity index is 1190. The second-order valence-electron chi connectivity index (χ2n) is 8.16. The number of anilines is 1. The Labute approximate surface area is 188 Å². The van der Waals surface area contributed by atoms with Crippen molar-refractivity contribution in [3.63, 3.8) is 0 Å². The van der Waals surface area contributed by atoms with Gasteiger partial charge in [-0.25, -0.2) is 0 Å². The van der Waals surface area contributed by atoms with Crippen molar-refractivity contribution in [1.29, 1.82) is 0 Å². The minimum absolute atomic E-state index is 0.218. The summed E-state index contributed by atoms with van der Waals surface area (Å²) < 4.78 is 5.24. The van der Waals surface area contributed by atoms with Crippen molar-refractivity contribution in [2.45, 2.75) is 27.3 Å². The SMILES string of the molecule is COc1ccc(C2=C(Nc3cc(C)cc(C)c3)C(=O)N(Cc3ccc(C)cc3)C2=O)cc1. The molecule has 0 unspecified atom stereocenters. The lowest BCUT2D eigenvalue weighted by Gasteiger charge is -2.16. The van der Waals surface area contributed by atoms with Crippen LogP contribution in [0.25, 0.3) is 5.57 Å². The minimum Gasteiger partial charge on any atom is -0.497 e. The normalized spacial score (nSPS) is 13.7. The number of carbonyl (C=O) groups excluding carboxylic acids is 2. The summed E-state index contributed by atoms with van der Waals surface area (Å²) in [5, 5.41) is 3.24. The van der Waals surface area contributed by atoms with E-state index < -0.39 is 0 Å². The molecular formula is C27H26N2O3. The molecule has 0 spiro atoms. The van der Waals surface area contributed by atoms with Crippen molar-refractivity contribution < 1.29 is 14.3 Å². The van der Waals surface area contributed by atoms with Gasteiger partial charge in [0, 0.05) is 5.69 Å². The Kier molecular flexibility index (Phi) is 5.82. The monoisotopic (exact) mass is 426 g/mol. The average Bonchev–Trinajstić information content (AvgIpc) is 2.99. The highest BCUT2D eigenvalue weighted by atomic mass is 16.5. The molecule has 1 aliphatic rings. The third-order valence-corrected chi connectivity index (χ3v) is 5.50. The number of amides is 2. The first kappa shape index (κ1) is 21.4. The number of methoxy groups -OCH3 is 1. The zero-order valence-corrected chi connectivity index (χ0v) is 18.7. The molecule has 4 rings (SSSR count). The predicted octanol–water partition coefficient (Wildman–Crippen LogP) is 5.01. The van der Waals surface area contributed by atoms with Gasteiger partial charge in [-0.15, -0.1) is 0 Å². The van der Waals surface area contributed by atoms with Crippen LogP contribution < -0.4 is 10.1 Å². The van der Waals surface area contributed by atoms with Gasteiger partial charge in [-0.2, -0.15) is 0 Å². The number of hydrogen-bond acceptors (Lipinski definition) is 4. The molecule has 5 nitrogen and oxygen atoms in total. The largest absolute Gasteiger partial charge is 0.497 e. The van der Waals surface area contributed by atoms with E-state index in [9.17, 15) is 9.59 Å². The summed E-state index contributed by atoms with van der Waals surface area (Å²) >= 11 is 0. The van der Waals surface area contributed by atoms with Gasteiger partial charge in [0.15, 0.2) is 0 Å². The van der Waals surface area contributed by atoms with Gasteiger partial charge in [-0.05, 0) is 67.3 Å². The van der Waals surface area contributed by atoms with Crippen LogP contribution in [0.15, 0.2) is 72.4 Å². The van der Waals surface area contributed by atoms with Gasteiger partial charge < -0.3 is 10.1 Å². The summed E-state index contributed by atoms with van der Waals surface area (Å²) in [4.78, 5) is 28.2. The van der Waals surface area contributed by atoms with Crippen molar-refractivity contribution >= 4 is 23.1 Å². The molecule has 0 bridgehead atoms. The number of rotatable bonds is 6. The number of aryl methyl sites for hydroxylation is 3. The highest BCUT2D eigenvalue weighted by Gasteiger charge is 2.39. The van der Waals surface area contributed by atoms with E-state index >= 15 is 0 Å². The number of imide groups is 1. The molecule has 1 aliphatic heterocycles. The van der Waals surface area contributed by atoms with E-state index in [1.54, 1.807) is 31.4 Å². The molecular weight excluding hydrogens is 400 g/mol. The molecule has 3 aromatic rings. The third kappa shape index (κ3) is 4.28. The van der Waals surface area contributed by atoms with Crippen molar-refractivity contribution in [2.75, 3.05) is 12.4 Å². The molecule has 2 amide bonds. The molecule has 0 radical (unpaired) electrons. The summed E-state index contributed by atoms with van der Waals surface area (Å²) in [6, 6.07) is 21.0. The zero-order chi connectivity index (χ0) is 22.8. The smallest absolute Gasteiger partial charge is 0.278 e. The molecule has 0 aliphatic carbocycles. The van der Waals surface area contributed by atoms with Crippen molar-refractivity contribution in [2.24, 2.45) is 0 Å². The van der Waals surface area contributed by atoms with E-state index in [1.165, 1.54) is 4.90 Å². The Balaban J connectivity index is 1.74. The van der Waals surface area contributed by atoms with Crippen LogP contribution in [0, 0.1) is 20.8 Å². The van der Waals surface area contributed by atoms with E-state index in [-0.39, 0.29) is 24.1 Å². The summed E-state index contributed by atoms with van der Waals surface area (Å²) in [6.07, 6.45) is 0. The molecule has 0 aromatic heterocycles. The summed E-state index contributed by atoms with van der Waals surface area (Å²) in [6.45, 7) is 6.23. The second kappa shape index (κ2) is 8.71. The van der Waals surface area contributed by atoms with Crippen LogP contribution in [0.5, 0.6) is 5.75 Å². The standard InChI is InChI=1S/C27H26N2O3/c1-17-5-7-20(8-6-17)16-29-26(30)24(21-9-11-23(32-4)12-10-21)25(27(29)31)28-22-14-18(2)13-19(3)15-22/h5-15,28H,16H2,1-4H3. The number of hydrogen-bond donors (Lipinski definition) is 1. The predicted molar refractivity (Wildman–Crippen MR) is 126 cm³/mol. The number of carbonyl (C=O) groups is 2. The van der Waals surface area contributed by atoms with Crippen LogP contribution in [0.4, 0.5) is 5.69 Å². The molecule has 1 heterocycles. The van der Waals surface area contributed by atoms with Gasteiger partial charge in [-0.1, -0.05) is 48.0 Å². The molecule has 1 N–H and O–H groups in total. The molecule has 3 aromatic carbocycles. The summed E-state index contributed by atoms with van der Waals surface area (Å²) in [5.41, 5.74) is 6.28. The van der Waals surface area contributed by atoms with Crippen molar-refractivity contribution in [3.8, 4) is 5.75 Å². The van der Waals surface area contributed by atoms with Crippen LogP contribution in [0.3, 0.4) is 0 Å². The van der Waals surface area contributed by atoms with Gasteiger partial charge in [0.1, 0.15) is 11.4 Å². The quantitative estimate of drug-likeness (QED) is 0.563. The van der Waals surface area contributed by atoms with E-state index in [0.29, 0.717) is 16.9 Å². The second-order valence-corrected chi connectivity index (χ2v) is 8.16. The molecule has 0 saturated carbocycles. The molecule has 0 saturated heterocycles. The van der Waals surface area contributed by atoms with Crippen LogP contribution in [-0.2, 0) is 16.1 Å². The van der Waals surface area contributed by atoms with E-state index in [1.807, 2.05) is 57.2 Å². The molecule has 162 valence electrons. The fourth-order valence-electron chi connectivity index (χ4n) is 3.93. The Morgan fingerprint density at radius 1 is 0.781 bits per heavy atom. The Morgan fingerprint density at radius 3 is 2.00 bits per heavy atom. The first-order valence-corrected chi connectivity index (χ1v) is 10.5. The number of nitrogens with one attached hydrogen (secondary N) is 1. The van der Waals surface area contributed by atoms with Crippen molar-refractivity contribution in [3.05, 3.63) is 100 Å². The van der Waals surface area contributed by atoms with Gasteiger partial charge in [0.2, 0.25) is 0 Å². The first-order chi connectivity index (χ1) is 15.4. The summed E-state index contributed by atoms with van der Waals surface area (Å²) in [5.74, 6) is 0.0413. The maximum atomic E-state index is 13.5. The van der Waals surface area contributed by atoms with Gasteiger partial charge in [0.05, 0.1) is 19.2 Å². The average molecular weight is 427 g/mol. The van der Waals surface area contributed by atoms with E-state index in [2.05, 4.69) is 11.4 Å². The lowest BCUT2D eigenvalue weighted by atomic mass is 10.0.